The van der Waals surface area contributed by atoms with Crippen LogP contribution in [0, 0.1) is 11.6 Å². The summed E-state index contributed by atoms with van der Waals surface area (Å²) in [5.41, 5.74) is -0.484. The normalized spacial score (nSPS) is 27.4. The maximum atomic E-state index is 16.5. The van der Waals surface area contributed by atoms with Crippen molar-refractivity contribution in [2.75, 3.05) is 37.7 Å². The van der Waals surface area contributed by atoms with Gasteiger partial charge in [0.25, 0.3) is 0 Å². The van der Waals surface area contributed by atoms with Crippen LogP contribution in [0.1, 0.15) is 25.7 Å². The molecular formula is C31H30F3N5O2. The molecule has 0 aliphatic carbocycles. The SMILES string of the molecule is Oc1cc(-c2c(F)cc3c(N4C[C@H]5C[C@@H](C4)N5)nc(OC[C@@]45CCCN4C[C@H](F)C5)nc3c2F)c2ccccc2c1. The minimum Gasteiger partial charge on any atom is -0.508 e. The molecule has 2 N–H and O–H groups in total. The Labute approximate surface area is 234 Å². The molecule has 0 amide bonds. The Balaban J connectivity index is 1.27. The second-order valence-electron chi connectivity index (χ2n) is 12.1. The maximum absolute atomic E-state index is 16.5. The highest BCUT2D eigenvalue weighted by atomic mass is 19.1. The summed E-state index contributed by atoms with van der Waals surface area (Å²) in [6.45, 7) is 2.74. The highest BCUT2D eigenvalue weighted by Gasteiger charge is 2.49. The number of phenols is 1. The Morgan fingerprint density at radius 1 is 1.05 bits per heavy atom. The number of aromatic hydroxyl groups is 1. The Bertz CT molecular complexity index is 1690. The highest BCUT2D eigenvalue weighted by molar-refractivity contribution is 6.01. The predicted octanol–water partition coefficient (Wildman–Crippen LogP) is 4.94. The van der Waals surface area contributed by atoms with Gasteiger partial charge < -0.3 is 20.1 Å². The van der Waals surface area contributed by atoms with Crippen LogP contribution < -0.4 is 15.0 Å². The smallest absolute Gasteiger partial charge is 0.319 e. The summed E-state index contributed by atoms with van der Waals surface area (Å²) >= 11 is 0. The number of rotatable bonds is 5. The van der Waals surface area contributed by atoms with E-state index in [1.807, 2.05) is 4.90 Å². The number of ether oxygens (including phenoxy) is 1. The van der Waals surface area contributed by atoms with Crippen molar-refractivity contribution in [2.45, 2.75) is 49.5 Å². The Morgan fingerprint density at radius 3 is 2.68 bits per heavy atom. The molecule has 0 unspecified atom stereocenters. The van der Waals surface area contributed by atoms with Gasteiger partial charge in [-0.05, 0) is 60.3 Å². The first-order chi connectivity index (χ1) is 19.9. The van der Waals surface area contributed by atoms with Gasteiger partial charge in [-0.15, -0.1) is 0 Å². The van der Waals surface area contributed by atoms with Gasteiger partial charge in [-0.2, -0.15) is 9.97 Å². The molecule has 212 valence electrons. The van der Waals surface area contributed by atoms with Crippen LogP contribution in [0.25, 0.3) is 32.8 Å². The first kappa shape index (κ1) is 25.1. The number of nitrogens with zero attached hydrogens (tertiary/aromatic N) is 4. The van der Waals surface area contributed by atoms with E-state index in [1.165, 1.54) is 12.1 Å². The molecule has 5 fully saturated rings. The van der Waals surface area contributed by atoms with E-state index >= 15 is 8.78 Å². The lowest BCUT2D eigenvalue weighted by molar-refractivity contribution is 0.107. The van der Waals surface area contributed by atoms with Gasteiger partial charge >= 0.3 is 6.01 Å². The van der Waals surface area contributed by atoms with Crippen molar-refractivity contribution in [3.63, 3.8) is 0 Å². The molecule has 1 aromatic heterocycles. The summed E-state index contributed by atoms with van der Waals surface area (Å²) < 4.78 is 53.0. The number of aromatic nitrogens is 2. The van der Waals surface area contributed by atoms with Gasteiger partial charge in [-0.25, -0.2) is 13.2 Å². The molecule has 5 aliphatic heterocycles. The zero-order valence-corrected chi connectivity index (χ0v) is 22.4. The first-order valence-corrected chi connectivity index (χ1v) is 14.3. The van der Waals surface area contributed by atoms with E-state index < -0.39 is 23.3 Å². The fraction of sp³-hybridized carbons (Fsp3) is 0.419. The number of alkyl halides is 1. The van der Waals surface area contributed by atoms with Crippen LogP contribution in [0.3, 0.4) is 0 Å². The zero-order chi connectivity index (χ0) is 27.9. The minimum atomic E-state index is -0.903. The molecule has 2 bridgehead atoms. The second kappa shape index (κ2) is 9.19. The summed E-state index contributed by atoms with van der Waals surface area (Å²) in [5, 5.41) is 15.4. The van der Waals surface area contributed by atoms with Crippen LogP contribution >= 0.6 is 0 Å². The average molecular weight is 562 g/mol. The molecule has 5 saturated heterocycles. The van der Waals surface area contributed by atoms with Crippen molar-refractivity contribution in [3.8, 4) is 22.9 Å². The van der Waals surface area contributed by atoms with Crippen molar-refractivity contribution in [1.82, 2.24) is 20.2 Å². The van der Waals surface area contributed by atoms with Crippen LogP contribution in [0.2, 0.25) is 0 Å². The van der Waals surface area contributed by atoms with Gasteiger partial charge in [0.15, 0.2) is 5.82 Å². The van der Waals surface area contributed by atoms with Crippen LogP contribution in [0.5, 0.6) is 11.8 Å². The average Bonchev–Trinajstić information content (AvgIpc) is 3.47. The molecule has 0 spiro atoms. The van der Waals surface area contributed by atoms with E-state index in [9.17, 15) is 9.50 Å². The van der Waals surface area contributed by atoms with Gasteiger partial charge in [0.2, 0.25) is 0 Å². The third-order valence-electron chi connectivity index (χ3n) is 9.41. The number of nitrogens with one attached hydrogen (secondary N) is 1. The fourth-order valence-electron chi connectivity index (χ4n) is 7.55. The van der Waals surface area contributed by atoms with E-state index in [0.29, 0.717) is 54.7 Å². The van der Waals surface area contributed by atoms with E-state index in [2.05, 4.69) is 15.2 Å². The molecule has 0 saturated carbocycles. The lowest BCUT2D eigenvalue weighted by atomic mass is 9.91. The number of halogens is 3. The van der Waals surface area contributed by atoms with Gasteiger partial charge in [0, 0.05) is 43.5 Å². The third kappa shape index (κ3) is 4.02. The van der Waals surface area contributed by atoms with Crippen molar-refractivity contribution in [2.24, 2.45) is 0 Å². The summed E-state index contributed by atoms with van der Waals surface area (Å²) in [6, 6.07) is 12.0. The topological polar surface area (TPSA) is 73.8 Å². The maximum Gasteiger partial charge on any atom is 0.319 e. The van der Waals surface area contributed by atoms with Crippen LogP contribution in [0.4, 0.5) is 19.0 Å². The monoisotopic (exact) mass is 561 g/mol. The standard InChI is InChI=1S/C31H30F3N5O2/c32-18-12-31(6-3-7-39(31)13-18)16-41-30-36-28-24(29(37-30)38-14-19-9-20(15-38)35-19)11-25(33)26(27(28)34)23-10-21(40)8-17-4-1-2-5-22(17)23/h1-2,4-5,8,10-11,18-20,35,40H,3,6-7,9,12-16H2/t18-,19-,20+,31+/m1/s1. The fourth-order valence-corrected chi connectivity index (χ4v) is 7.55. The molecule has 7 nitrogen and oxygen atoms in total. The number of anilines is 1. The van der Waals surface area contributed by atoms with E-state index in [4.69, 9.17) is 9.72 Å². The molecule has 3 aromatic carbocycles. The van der Waals surface area contributed by atoms with Crippen molar-refractivity contribution in [3.05, 3.63) is 54.1 Å². The van der Waals surface area contributed by atoms with Crippen molar-refractivity contribution in [1.29, 1.82) is 0 Å². The number of hydrogen-bond acceptors (Lipinski definition) is 7. The predicted molar refractivity (Wildman–Crippen MR) is 150 cm³/mol. The van der Waals surface area contributed by atoms with E-state index in [0.717, 1.165) is 25.8 Å². The number of fused-ring (bicyclic) bond motifs is 5. The first-order valence-electron chi connectivity index (χ1n) is 14.3. The Hall–Kier alpha value is -3.63. The van der Waals surface area contributed by atoms with Gasteiger partial charge in [0.1, 0.15) is 35.7 Å². The Morgan fingerprint density at radius 2 is 1.85 bits per heavy atom. The summed E-state index contributed by atoms with van der Waals surface area (Å²) in [7, 11) is 0. The lowest BCUT2D eigenvalue weighted by Gasteiger charge is -2.48. The van der Waals surface area contributed by atoms with Gasteiger partial charge in [0.05, 0.1) is 11.1 Å². The molecule has 0 radical (unpaired) electrons. The number of piperazine rings is 1. The van der Waals surface area contributed by atoms with Crippen LogP contribution in [0.15, 0.2) is 42.5 Å². The number of piperidine rings is 1. The van der Waals surface area contributed by atoms with Crippen LogP contribution in [-0.4, -0.2) is 76.6 Å². The quantitative estimate of drug-likeness (QED) is 0.358. The molecule has 9 rings (SSSR count). The third-order valence-corrected chi connectivity index (χ3v) is 9.41. The van der Waals surface area contributed by atoms with Crippen LogP contribution in [-0.2, 0) is 0 Å². The number of phenolic OH excluding ortho intramolecular Hbond substituents is 1. The van der Waals surface area contributed by atoms with Gasteiger partial charge in [-0.1, -0.05) is 24.3 Å². The van der Waals surface area contributed by atoms with Crippen molar-refractivity contribution >= 4 is 27.5 Å². The molecule has 6 heterocycles. The summed E-state index contributed by atoms with van der Waals surface area (Å²) in [4.78, 5) is 13.4. The molecule has 4 atom stereocenters. The minimum absolute atomic E-state index is 0.000430. The summed E-state index contributed by atoms with van der Waals surface area (Å²) in [5.74, 6) is -1.25. The zero-order valence-electron chi connectivity index (χ0n) is 22.4. The van der Waals surface area contributed by atoms with Crippen molar-refractivity contribution < 1.29 is 23.0 Å². The molecule has 4 aromatic rings. The molecule has 5 aliphatic rings. The highest BCUT2D eigenvalue weighted by Crippen LogP contribution is 2.42. The number of benzene rings is 3. The second-order valence-corrected chi connectivity index (χ2v) is 12.1. The lowest BCUT2D eigenvalue weighted by Crippen LogP contribution is -2.67. The largest absolute Gasteiger partial charge is 0.508 e. The molecule has 41 heavy (non-hydrogen) atoms. The van der Waals surface area contributed by atoms with E-state index in [1.54, 1.807) is 30.3 Å². The Kier molecular flexibility index (Phi) is 5.63. The molecule has 10 heteroatoms. The molecular weight excluding hydrogens is 531 g/mol. The van der Waals surface area contributed by atoms with Gasteiger partial charge in [-0.3, -0.25) is 4.90 Å². The van der Waals surface area contributed by atoms with E-state index in [-0.39, 0.29) is 40.4 Å². The summed E-state index contributed by atoms with van der Waals surface area (Å²) in [6.07, 6.45) is 2.34. The number of hydrogen-bond donors (Lipinski definition) is 2.